The predicted octanol–water partition coefficient (Wildman–Crippen LogP) is 4.14. The molecule has 0 bridgehead atoms. The smallest absolute Gasteiger partial charge is 0.327 e. The molecule has 2 aromatic carbocycles. The second-order valence-corrected chi connectivity index (χ2v) is 9.87. The summed E-state index contributed by atoms with van der Waals surface area (Å²) in [5.41, 5.74) is 0.988. The van der Waals surface area contributed by atoms with Gasteiger partial charge in [0.1, 0.15) is 0 Å². The zero-order chi connectivity index (χ0) is 19.2. The Morgan fingerprint density at radius 3 is 2.15 bits per heavy atom. The van der Waals surface area contributed by atoms with E-state index in [0.29, 0.717) is 6.42 Å². The van der Waals surface area contributed by atoms with E-state index in [2.05, 4.69) is 12.1 Å². The molecule has 1 unspecified atom stereocenters. The molecule has 4 nitrogen and oxygen atoms in total. The van der Waals surface area contributed by atoms with E-state index in [9.17, 15) is 13.2 Å². The van der Waals surface area contributed by atoms with Crippen LogP contribution in [0.25, 0.3) is 0 Å². The van der Waals surface area contributed by atoms with Crippen LogP contribution in [0.3, 0.4) is 0 Å². The van der Waals surface area contributed by atoms with Gasteiger partial charge in [0.15, 0.2) is 14.6 Å². The van der Waals surface area contributed by atoms with Gasteiger partial charge in [-0.25, -0.2) is 8.42 Å². The molecular weight excluding hydrogens is 368 g/mol. The Kier molecular flexibility index (Phi) is 6.89. The topological polar surface area (TPSA) is 60.4 Å². The van der Waals surface area contributed by atoms with Crippen LogP contribution >= 0.6 is 11.8 Å². The summed E-state index contributed by atoms with van der Waals surface area (Å²) in [5.74, 6) is -0.682. The molecule has 0 heterocycles. The third-order valence-electron chi connectivity index (χ3n) is 4.32. The second-order valence-electron chi connectivity index (χ2n) is 6.28. The van der Waals surface area contributed by atoms with E-state index in [-0.39, 0.29) is 13.0 Å². The molecule has 0 saturated heterocycles. The Morgan fingerprint density at radius 2 is 1.62 bits per heavy atom. The van der Waals surface area contributed by atoms with Crippen LogP contribution in [-0.2, 0) is 25.8 Å². The van der Waals surface area contributed by atoms with E-state index in [0.717, 1.165) is 21.6 Å². The van der Waals surface area contributed by atoms with Crippen LogP contribution in [0, 0.1) is 0 Å². The standard InChI is InChI=1S/C20H24O4S2/c1-4-24-19(21)20(2,26(3,22)23)15-14-16-10-12-18(13-11-16)25-17-8-6-5-7-9-17/h5-13H,4,14-15H2,1-3H3. The zero-order valence-corrected chi connectivity index (χ0v) is 16.9. The summed E-state index contributed by atoms with van der Waals surface area (Å²) in [6, 6.07) is 18.0. The highest BCUT2D eigenvalue weighted by molar-refractivity contribution is 7.99. The minimum Gasteiger partial charge on any atom is -0.465 e. The van der Waals surface area contributed by atoms with Crippen molar-refractivity contribution in [2.45, 2.75) is 41.2 Å². The summed E-state index contributed by atoms with van der Waals surface area (Å²) in [4.78, 5) is 14.5. The van der Waals surface area contributed by atoms with Crippen molar-refractivity contribution in [2.75, 3.05) is 12.9 Å². The van der Waals surface area contributed by atoms with Crippen molar-refractivity contribution in [1.82, 2.24) is 0 Å². The molecule has 140 valence electrons. The van der Waals surface area contributed by atoms with Crippen molar-refractivity contribution < 1.29 is 17.9 Å². The molecule has 2 aromatic rings. The summed E-state index contributed by atoms with van der Waals surface area (Å²) >= 11 is 1.67. The lowest BCUT2D eigenvalue weighted by molar-refractivity contribution is -0.146. The fourth-order valence-corrected chi connectivity index (χ4v) is 4.13. The minimum atomic E-state index is -3.58. The Labute approximate surface area is 159 Å². The molecule has 0 radical (unpaired) electrons. The molecule has 0 N–H and O–H groups in total. The van der Waals surface area contributed by atoms with Crippen LogP contribution in [0.4, 0.5) is 0 Å². The van der Waals surface area contributed by atoms with Crippen molar-refractivity contribution in [2.24, 2.45) is 0 Å². The van der Waals surface area contributed by atoms with E-state index < -0.39 is 20.6 Å². The Hall–Kier alpha value is -1.79. The van der Waals surface area contributed by atoms with Crippen molar-refractivity contribution in [3.05, 3.63) is 60.2 Å². The molecule has 2 rings (SSSR count). The average molecular weight is 393 g/mol. The Balaban J connectivity index is 2.06. The first-order chi connectivity index (χ1) is 12.3. The highest BCUT2D eigenvalue weighted by Crippen LogP contribution is 2.29. The fraction of sp³-hybridized carbons (Fsp3) is 0.350. The normalized spacial score (nSPS) is 13.8. The summed E-state index contributed by atoms with van der Waals surface area (Å²) in [5, 5.41) is 0. The van der Waals surface area contributed by atoms with Gasteiger partial charge < -0.3 is 4.74 Å². The Morgan fingerprint density at radius 1 is 1.04 bits per heavy atom. The van der Waals surface area contributed by atoms with Gasteiger partial charge in [-0.3, -0.25) is 4.79 Å². The maximum atomic E-state index is 12.2. The molecule has 0 aliphatic rings. The number of aryl methyl sites for hydroxylation is 1. The molecule has 26 heavy (non-hydrogen) atoms. The van der Waals surface area contributed by atoms with E-state index in [1.165, 1.54) is 6.92 Å². The van der Waals surface area contributed by atoms with Crippen molar-refractivity contribution in [1.29, 1.82) is 0 Å². The van der Waals surface area contributed by atoms with Gasteiger partial charge in [0.05, 0.1) is 6.61 Å². The average Bonchev–Trinajstić information content (AvgIpc) is 2.61. The van der Waals surface area contributed by atoms with Crippen LogP contribution < -0.4 is 0 Å². The molecule has 0 aromatic heterocycles. The van der Waals surface area contributed by atoms with Crippen molar-refractivity contribution >= 4 is 27.6 Å². The van der Waals surface area contributed by atoms with Gasteiger partial charge in [-0.05, 0) is 56.5 Å². The lowest BCUT2D eigenvalue weighted by Gasteiger charge is -2.25. The predicted molar refractivity (Wildman–Crippen MR) is 105 cm³/mol. The fourth-order valence-electron chi connectivity index (χ4n) is 2.45. The van der Waals surface area contributed by atoms with Gasteiger partial charge in [-0.2, -0.15) is 0 Å². The highest BCUT2D eigenvalue weighted by atomic mass is 32.2. The van der Waals surface area contributed by atoms with Crippen LogP contribution in [0.15, 0.2) is 64.4 Å². The van der Waals surface area contributed by atoms with Crippen LogP contribution in [0.2, 0.25) is 0 Å². The summed E-state index contributed by atoms with van der Waals surface area (Å²) in [6.45, 7) is 3.28. The quantitative estimate of drug-likeness (QED) is 0.632. The monoisotopic (exact) mass is 392 g/mol. The van der Waals surface area contributed by atoms with Gasteiger partial charge in [-0.15, -0.1) is 0 Å². The highest BCUT2D eigenvalue weighted by Gasteiger charge is 2.44. The zero-order valence-electron chi connectivity index (χ0n) is 15.3. The molecular formula is C20H24O4S2. The number of rotatable bonds is 8. The largest absolute Gasteiger partial charge is 0.465 e. The van der Waals surface area contributed by atoms with E-state index in [1.807, 2.05) is 42.5 Å². The van der Waals surface area contributed by atoms with Gasteiger partial charge in [-0.1, -0.05) is 42.1 Å². The molecule has 6 heteroatoms. The van der Waals surface area contributed by atoms with Gasteiger partial charge in [0, 0.05) is 16.0 Å². The lowest BCUT2D eigenvalue weighted by atomic mass is 10.0. The Bertz CT molecular complexity index is 830. The molecule has 0 fully saturated rings. The first-order valence-electron chi connectivity index (χ1n) is 8.45. The van der Waals surface area contributed by atoms with E-state index >= 15 is 0 Å². The maximum absolute atomic E-state index is 12.2. The number of ether oxygens (including phenoxy) is 1. The molecule has 0 saturated carbocycles. The third kappa shape index (κ3) is 5.11. The molecule has 0 spiro atoms. The van der Waals surface area contributed by atoms with E-state index in [1.54, 1.807) is 18.7 Å². The SMILES string of the molecule is CCOC(=O)C(C)(CCc1ccc(Sc2ccccc2)cc1)S(C)(=O)=O. The van der Waals surface area contributed by atoms with Crippen molar-refractivity contribution in [3.8, 4) is 0 Å². The van der Waals surface area contributed by atoms with Gasteiger partial charge in [0.2, 0.25) is 0 Å². The van der Waals surface area contributed by atoms with Gasteiger partial charge >= 0.3 is 5.97 Å². The molecule has 0 aliphatic heterocycles. The number of benzene rings is 2. The maximum Gasteiger partial charge on any atom is 0.327 e. The molecule has 1 atom stereocenters. The number of hydrogen-bond donors (Lipinski definition) is 0. The van der Waals surface area contributed by atoms with Crippen LogP contribution in [-0.4, -0.2) is 32.0 Å². The van der Waals surface area contributed by atoms with Gasteiger partial charge in [0.25, 0.3) is 0 Å². The molecule has 0 amide bonds. The second kappa shape index (κ2) is 8.73. The number of carbonyl (C=O) groups is 1. The first kappa shape index (κ1) is 20.5. The summed E-state index contributed by atoms with van der Waals surface area (Å²) < 4.78 is 27.7. The van der Waals surface area contributed by atoms with E-state index in [4.69, 9.17) is 4.74 Å². The lowest BCUT2D eigenvalue weighted by Crippen LogP contribution is -2.44. The summed E-state index contributed by atoms with van der Waals surface area (Å²) in [6.07, 6.45) is 1.76. The first-order valence-corrected chi connectivity index (χ1v) is 11.2. The minimum absolute atomic E-state index is 0.162. The third-order valence-corrected chi connectivity index (χ3v) is 7.34. The van der Waals surface area contributed by atoms with Crippen LogP contribution in [0.5, 0.6) is 0 Å². The number of hydrogen-bond acceptors (Lipinski definition) is 5. The van der Waals surface area contributed by atoms with Crippen molar-refractivity contribution in [3.63, 3.8) is 0 Å². The number of carbonyl (C=O) groups excluding carboxylic acids is 1. The number of esters is 1. The van der Waals surface area contributed by atoms with Crippen LogP contribution in [0.1, 0.15) is 25.8 Å². The number of sulfone groups is 1. The summed E-state index contributed by atoms with van der Waals surface area (Å²) in [7, 11) is -3.58. The molecule has 0 aliphatic carbocycles.